The molecule has 3 N–H and O–H groups in total. The van der Waals surface area contributed by atoms with Crippen molar-refractivity contribution in [3.8, 4) is 0 Å². The van der Waals surface area contributed by atoms with Gasteiger partial charge in [-0.1, -0.05) is 38.3 Å². The minimum Gasteiger partial charge on any atom is -0.366 e. The predicted octanol–water partition coefficient (Wildman–Crippen LogP) is 2.84. The second-order valence-electron chi connectivity index (χ2n) is 4.84. The molecule has 18 heavy (non-hydrogen) atoms. The van der Waals surface area contributed by atoms with Crippen LogP contribution >= 0.6 is 0 Å². The summed E-state index contributed by atoms with van der Waals surface area (Å²) in [5.41, 5.74) is 6.94. The number of hydrogen-bond donors (Lipinski definition) is 2. The van der Waals surface area contributed by atoms with Gasteiger partial charge < -0.3 is 11.1 Å². The number of nitrogens with one attached hydrogen (secondary N) is 1. The molecule has 1 rings (SSSR count). The third-order valence-electron chi connectivity index (χ3n) is 3.11. The van der Waals surface area contributed by atoms with Crippen molar-refractivity contribution in [2.75, 3.05) is 0 Å². The monoisotopic (exact) mass is 248 g/mol. The minimum absolute atomic E-state index is 0.368. The molecule has 1 aromatic carbocycles. The van der Waals surface area contributed by atoms with Crippen molar-refractivity contribution in [1.29, 1.82) is 0 Å². The van der Waals surface area contributed by atoms with Crippen LogP contribution in [0.3, 0.4) is 0 Å². The molecule has 0 radical (unpaired) electrons. The summed E-state index contributed by atoms with van der Waals surface area (Å²) < 4.78 is 0. The van der Waals surface area contributed by atoms with Gasteiger partial charge >= 0.3 is 0 Å². The summed E-state index contributed by atoms with van der Waals surface area (Å²) in [4.78, 5) is 11.1. The molecule has 0 saturated carbocycles. The van der Waals surface area contributed by atoms with E-state index < -0.39 is 0 Å². The maximum atomic E-state index is 11.1. The van der Waals surface area contributed by atoms with Crippen molar-refractivity contribution in [2.24, 2.45) is 5.73 Å². The van der Waals surface area contributed by atoms with Crippen LogP contribution in [0, 0.1) is 0 Å². The summed E-state index contributed by atoms with van der Waals surface area (Å²) in [6.45, 7) is 5.20. The highest BCUT2D eigenvalue weighted by atomic mass is 16.1. The van der Waals surface area contributed by atoms with Crippen molar-refractivity contribution in [2.45, 2.75) is 52.1 Å². The SMILES string of the molecule is CCCCCC(C)NCc1cccc(C(N)=O)c1. The van der Waals surface area contributed by atoms with Crippen molar-refractivity contribution < 1.29 is 4.79 Å². The Labute approximate surface area is 110 Å². The van der Waals surface area contributed by atoms with Crippen LogP contribution in [-0.4, -0.2) is 11.9 Å². The first-order valence-corrected chi connectivity index (χ1v) is 6.75. The lowest BCUT2D eigenvalue weighted by molar-refractivity contribution is 0.1000. The Balaban J connectivity index is 2.38. The molecule has 0 aliphatic carbocycles. The lowest BCUT2D eigenvalue weighted by Crippen LogP contribution is -2.25. The van der Waals surface area contributed by atoms with Crippen molar-refractivity contribution in [1.82, 2.24) is 5.32 Å². The highest BCUT2D eigenvalue weighted by Gasteiger charge is 2.03. The highest BCUT2D eigenvalue weighted by molar-refractivity contribution is 5.92. The van der Waals surface area contributed by atoms with Crippen LogP contribution in [0.25, 0.3) is 0 Å². The lowest BCUT2D eigenvalue weighted by atomic mass is 10.1. The Hall–Kier alpha value is -1.35. The van der Waals surface area contributed by atoms with Gasteiger partial charge in [-0.15, -0.1) is 0 Å². The third kappa shape index (κ3) is 5.32. The normalized spacial score (nSPS) is 12.3. The zero-order valence-corrected chi connectivity index (χ0v) is 11.4. The largest absolute Gasteiger partial charge is 0.366 e. The number of hydrogen-bond acceptors (Lipinski definition) is 2. The average Bonchev–Trinajstić information content (AvgIpc) is 2.37. The molecule has 0 fully saturated rings. The van der Waals surface area contributed by atoms with Gasteiger partial charge in [-0.3, -0.25) is 4.79 Å². The molecule has 0 aliphatic heterocycles. The fourth-order valence-corrected chi connectivity index (χ4v) is 1.93. The van der Waals surface area contributed by atoms with Gasteiger partial charge in [0.2, 0.25) is 5.91 Å². The van der Waals surface area contributed by atoms with E-state index in [0.29, 0.717) is 11.6 Å². The van der Waals surface area contributed by atoms with E-state index in [1.165, 1.54) is 25.7 Å². The van der Waals surface area contributed by atoms with Gasteiger partial charge in [0.25, 0.3) is 0 Å². The third-order valence-corrected chi connectivity index (χ3v) is 3.11. The maximum absolute atomic E-state index is 11.1. The van der Waals surface area contributed by atoms with Crippen LogP contribution < -0.4 is 11.1 Å². The highest BCUT2D eigenvalue weighted by Crippen LogP contribution is 2.07. The molecule has 100 valence electrons. The Kier molecular flexibility index (Phi) is 6.44. The summed E-state index contributed by atoms with van der Waals surface area (Å²) >= 11 is 0. The molecule has 1 amide bonds. The summed E-state index contributed by atoms with van der Waals surface area (Å²) in [5, 5.41) is 3.47. The Morgan fingerprint density at radius 2 is 2.17 bits per heavy atom. The summed E-state index contributed by atoms with van der Waals surface area (Å²) in [6.07, 6.45) is 5.02. The summed E-state index contributed by atoms with van der Waals surface area (Å²) in [6, 6.07) is 8.00. The maximum Gasteiger partial charge on any atom is 0.248 e. The molecule has 3 nitrogen and oxygen atoms in total. The van der Waals surface area contributed by atoms with Crippen LogP contribution in [0.15, 0.2) is 24.3 Å². The van der Waals surface area contributed by atoms with E-state index >= 15 is 0 Å². The van der Waals surface area contributed by atoms with Crippen molar-refractivity contribution >= 4 is 5.91 Å². The van der Waals surface area contributed by atoms with E-state index in [-0.39, 0.29) is 5.91 Å². The van der Waals surface area contributed by atoms with Gasteiger partial charge in [-0.2, -0.15) is 0 Å². The number of unbranched alkanes of at least 4 members (excludes halogenated alkanes) is 2. The van der Waals surface area contributed by atoms with Gasteiger partial charge in [-0.25, -0.2) is 0 Å². The quantitative estimate of drug-likeness (QED) is 0.695. The van der Waals surface area contributed by atoms with E-state index in [1.807, 2.05) is 18.2 Å². The van der Waals surface area contributed by atoms with Crippen LogP contribution in [0.4, 0.5) is 0 Å². The van der Waals surface area contributed by atoms with E-state index in [4.69, 9.17) is 5.73 Å². The first-order chi connectivity index (χ1) is 8.63. The molecule has 0 aliphatic rings. The minimum atomic E-state index is -0.368. The summed E-state index contributed by atoms with van der Waals surface area (Å²) in [5.74, 6) is -0.368. The standard InChI is InChI=1S/C15H24N2O/c1-3-4-5-7-12(2)17-11-13-8-6-9-14(10-13)15(16)18/h6,8-10,12,17H,3-5,7,11H2,1-2H3,(H2,16,18). The Morgan fingerprint density at radius 3 is 2.83 bits per heavy atom. The van der Waals surface area contributed by atoms with Crippen LogP contribution in [0.5, 0.6) is 0 Å². The van der Waals surface area contributed by atoms with E-state index in [1.54, 1.807) is 6.07 Å². The number of benzene rings is 1. The molecule has 1 atom stereocenters. The lowest BCUT2D eigenvalue weighted by Gasteiger charge is -2.13. The predicted molar refractivity (Wildman–Crippen MR) is 75.4 cm³/mol. The second-order valence-corrected chi connectivity index (χ2v) is 4.84. The molecule has 0 aromatic heterocycles. The number of primary amides is 1. The fourth-order valence-electron chi connectivity index (χ4n) is 1.93. The van der Waals surface area contributed by atoms with Crippen LogP contribution in [-0.2, 0) is 6.54 Å². The molecule has 1 unspecified atom stereocenters. The van der Waals surface area contributed by atoms with Gasteiger partial charge in [0.1, 0.15) is 0 Å². The smallest absolute Gasteiger partial charge is 0.248 e. The van der Waals surface area contributed by atoms with E-state index in [2.05, 4.69) is 19.2 Å². The zero-order valence-electron chi connectivity index (χ0n) is 11.4. The van der Waals surface area contributed by atoms with Gasteiger partial charge in [-0.05, 0) is 31.0 Å². The number of rotatable bonds is 8. The first-order valence-electron chi connectivity index (χ1n) is 6.75. The molecule has 0 bridgehead atoms. The average molecular weight is 248 g/mol. The van der Waals surface area contributed by atoms with Gasteiger partial charge in [0.05, 0.1) is 0 Å². The van der Waals surface area contributed by atoms with Crippen LogP contribution in [0.2, 0.25) is 0 Å². The number of amides is 1. The fraction of sp³-hybridized carbons (Fsp3) is 0.533. The molecule has 0 heterocycles. The molecular weight excluding hydrogens is 224 g/mol. The van der Waals surface area contributed by atoms with Crippen LogP contribution in [0.1, 0.15) is 55.5 Å². The zero-order chi connectivity index (χ0) is 13.4. The van der Waals surface area contributed by atoms with Gasteiger partial charge in [0.15, 0.2) is 0 Å². The topological polar surface area (TPSA) is 55.1 Å². The van der Waals surface area contributed by atoms with Gasteiger partial charge in [0, 0.05) is 18.2 Å². The molecule has 1 aromatic rings. The first kappa shape index (κ1) is 14.7. The number of carbonyl (C=O) groups excluding carboxylic acids is 1. The van der Waals surface area contributed by atoms with Crippen molar-refractivity contribution in [3.63, 3.8) is 0 Å². The Bertz CT molecular complexity index is 377. The number of nitrogens with two attached hydrogens (primary N) is 1. The van der Waals surface area contributed by atoms with E-state index in [0.717, 1.165) is 12.1 Å². The molecular formula is C15H24N2O. The number of carbonyl (C=O) groups is 1. The molecule has 3 heteroatoms. The summed E-state index contributed by atoms with van der Waals surface area (Å²) in [7, 11) is 0. The second kappa shape index (κ2) is 7.88. The Morgan fingerprint density at radius 1 is 1.39 bits per heavy atom. The van der Waals surface area contributed by atoms with E-state index in [9.17, 15) is 4.79 Å². The molecule has 0 saturated heterocycles. The van der Waals surface area contributed by atoms with Crippen molar-refractivity contribution in [3.05, 3.63) is 35.4 Å². The molecule has 0 spiro atoms.